The summed E-state index contributed by atoms with van der Waals surface area (Å²) in [5.41, 5.74) is 0. The van der Waals surface area contributed by atoms with Crippen LogP contribution >= 0.6 is 0 Å². The fraction of sp³-hybridized carbons (Fsp3) is 0.750. The first-order chi connectivity index (χ1) is 9.93. The van der Waals surface area contributed by atoms with Crippen LogP contribution in [0, 0.1) is 0 Å². The molecule has 0 N–H and O–H groups in total. The molecule has 0 radical (unpaired) electrons. The molecule has 0 unspecified atom stereocenters. The summed E-state index contributed by atoms with van der Waals surface area (Å²) in [4.78, 5) is -3.03. The van der Waals surface area contributed by atoms with E-state index in [-0.39, 0.29) is 7.11 Å². The number of halogens is 12. The van der Waals surface area contributed by atoms with Crippen molar-refractivity contribution in [1.29, 1.82) is 0 Å². The monoisotopic (exact) mass is 373 g/mol. The maximum atomic E-state index is 13.4. The molecule has 0 atom stereocenters. The smallest absolute Gasteiger partial charge is 0.453 e. The second-order valence-corrected chi connectivity index (χ2v) is 3.88. The molecule has 136 valence electrons. The van der Waals surface area contributed by atoms with E-state index in [4.69, 9.17) is 0 Å². The Morgan fingerprint density at radius 3 is 1.48 bits per heavy atom. The highest BCUT2D eigenvalue weighted by Gasteiger charge is 2.84. The summed E-state index contributed by atoms with van der Waals surface area (Å²) >= 11 is 0. The molecule has 1 saturated heterocycles. The third kappa shape index (κ3) is 2.74. The number of rotatable bonds is 2. The standard InChI is InChI=1S/C8H3F12NO2/c1-22-2(4(10,11)12)3(9)21-5(13,14)7(17,18)23-8(19,20)6(21,15)16/h1H3/b3-2+. The molecule has 0 aromatic carbocycles. The van der Waals surface area contributed by atoms with Gasteiger partial charge in [-0.05, 0) is 0 Å². The van der Waals surface area contributed by atoms with Crippen LogP contribution in [0.1, 0.15) is 0 Å². The zero-order valence-electron chi connectivity index (χ0n) is 10.3. The minimum absolute atomic E-state index is 0.0462. The number of allylic oxidation sites excluding steroid dienone is 1. The second kappa shape index (κ2) is 4.98. The fourth-order valence-electron chi connectivity index (χ4n) is 1.39. The zero-order valence-corrected chi connectivity index (χ0v) is 10.3. The van der Waals surface area contributed by atoms with Gasteiger partial charge in [-0.1, -0.05) is 0 Å². The Kier molecular flexibility index (Phi) is 4.22. The van der Waals surface area contributed by atoms with Crippen LogP contribution < -0.4 is 0 Å². The Morgan fingerprint density at radius 1 is 0.870 bits per heavy atom. The Bertz CT molecular complexity index is 484. The molecule has 15 heteroatoms. The molecule has 0 saturated carbocycles. The van der Waals surface area contributed by atoms with Gasteiger partial charge in [-0.25, -0.2) is 9.64 Å². The second-order valence-electron chi connectivity index (χ2n) is 3.88. The molecule has 1 heterocycles. The first-order valence-electron chi connectivity index (χ1n) is 4.96. The van der Waals surface area contributed by atoms with E-state index in [1.54, 1.807) is 0 Å². The molecule has 3 nitrogen and oxygen atoms in total. The molecule has 1 aliphatic rings. The van der Waals surface area contributed by atoms with E-state index in [2.05, 4.69) is 4.74 Å². The molecule has 1 rings (SSSR count). The van der Waals surface area contributed by atoms with Gasteiger partial charge in [0.2, 0.25) is 5.95 Å². The SMILES string of the molecule is CO/C(=C(\F)N1C(F)(F)C(F)(F)OC(F)(F)C1(F)F)C(F)(F)F. The van der Waals surface area contributed by atoms with Crippen molar-refractivity contribution >= 4 is 0 Å². The van der Waals surface area contributed by atoms with E-state index in [1.165, 1.54) is 0 Å². The van der Waals surface area contributed by atoms with Gasteiger partial charge in [-0.2, -0.15) is 52.7 Å². The highest BCUT2D eigenvalue weighted by atomic mass is 19.4. The molecular formula is C8H3F12NO2. The van der Waals surface area contributed by atoms with Crippen LogP contribution in [0.5, 0.6) is 0 Å². The van der Waals surface area contributed by atoms with Gasteiger partial charge >= 0.3 is 30.5 Å². The summed E-state index contributed by atoms with van der Waals surface area (Å²) in [5, 5.41) is 0. The lowest BCUT2D eigenvalue weighted by atomic mass is 10.2. The van der Waals surface area contributed by atoms with Crippen LogP contribution in [0.2, 0.25) is 0 Å². The average molecular weight is 373 g/mol. The molecule has 0 amide bonds. The van der Waals surface area contributed by atoms with Crippen LogP contribution in [0.3, 0.4) is 0 Å². The molecular weight excluding hydrogens is 370 g/mol. The largest absolute Gasteiger partial charge is 0.489 e. The van der Waals surface area contributed by atoms with Crippen LogP contribution in [0.15, 0.2) is 11.7 Å². The van der Waals surface area contributed by atoms with Crippen molar-refractivity contribution < 1.29 is 62.2 Å². The topological polar surface area (TPSA) is 21.7 Å². The van der Waals surface area contributed by atoms with Gasteiger partial charge in [-0.15, -0.1) is 0 Å². The Labute approximate surface area is 118 Å². The van der Waals surface area contributed by atoms with Crippen molar-refractivity contribution in [2.45, 2.75) is 30.5 Å². The van der Waals surface area contributed by atoms with Gasteiger partial charge in [0.15, 0.2) is 0 Å². The number of methoxy groups -OCH3 is 1. The van der Waals surface area contributed by atoms with Crippen molar-refractivity contribution in [1.82, 2.24) is 4.90 Å². The van der Waals surface area contributed by atoms with Gasteiger partial charge < -0.3 is 4.74 Å². The van der Waals surface area contributed by atoms with Crippen molar-refractivity contribution in [3.63, 3.8) is 0 Å². The van der Waals surface area contributed by atoms with Crippen molar-refractivity contribution in [2.75, 3.05) is 7.11 Å². The summed E-state index contributed by atoms with van der Waals surface area (Å²) in [5.74, 6) is -7.15. The van der Waals surface area contributed by atoms with Crippen LogP contribution in [-0.2, 0) is 9.47 Å². The Morgan fingerprint density at radius 2 is 1.22 bits per heavy atom. The van der Waals surface area contributed by atoms with Gasteiger partial charge in [0.1, 0.15) is 0 Å². The molecule has 0 bridgehead atoms. The number of ether oxygens (including phenoxy) is 2. The predicted molar refractivity (Wildman–Crippen MR) is 43.9 cm³/mol. The van der Waals surface area contributed by atoms with Gasteiger partial charge in [-0.3, -0.25) is 0 Å². The summed E-state index contributed by atoms with van der Waals surface area (Å²) < 4.78 is 159. The summed E-state index contributed by atoms with van der Waals surface area (Å²) in [6, 6.07) is -13.2. The average Bonchev–Trinajstić information content (AvgIpc) is 2.23. The molecule has 23 heavy (non-hydrogen) atoms. The normalized spacial score (nSPS) is 26.6. The van der Waals surface area contributed by atoms with Crippen molar-refractivity contribution in [3.8, 4) is 0 Å². The van der Waals surface area contributed by atoms with Crippen LogP contribution in [-0.4, -0.2) is 42.5 Å². The predicted octanol–water partition coefficient (Wildman–Crippen LogP) is 4.04. The summed E-state index contributed by atoms with van der Waals surface area (Å²) in [6.07, 6.45) is -19.0. The molecule has 1 aliphatic heterocycles. The van der Waals surface area contributed by atoms with Crippen molar-refractivity contribution in [2.24, 2.45) is 0 Å². The van der Waals surface area contributed by atoms with Gasteiger partial charge in [0.05, 0.1) is 7.11 Å². The maximum absolute atomic E-state index is 13.4. The number of hydrogen-bond donors (Lipinski definition) is 0. The number of morpholine rings is 1. The highest BCUT2D eigenvalue weighted by Crippen LogP contribution is 2.57. The van der Waals surface area contributed by atoms with E-state index in [1.807, 2.05) is 4.74 Å². The molecule has 0 aliphatic carbocycles. The fourth-order valence-corrected chi connectivity index (χ4v) is 1.39. The minimum Gasteiger partial charge on any atom is -0.489 e. The van der Waals surface area contributed by atoms with Crippen LogP contribution in [0.4, 0.5) is 52.7 Å². The lowest BCUT2D eigenvalue weighted by Gasteiger charge is -2.47. The molecule has 1 fully saturated rings. The number of hydrogen-bond acceptors (Lipinski definition) is 3. The third-order valence-electron chi connectivity index (χ3n) is 2.36. The third-order valence-corrected chi connectivity index (χ3v) is 2.36. The van der Waals surface area contributed by atoms with E-state index in [9.17, 15) is 52.7 Å². The first kappa shape index (κ1) is 19.5. The lowest BCUT2D eigenvalue weighted by molar-refractivity contribution is -0.559. The van der Waals surface area contributed by atoms with E-state index >= 15 is 0 Å². The van der Waals surface area contributed by atoms with Crippen molar-refractivity contribution in [3.05, 3.63) is 11.7 Å². The minimum atomic E-state index is -6.61. The molecule has 0 aromatic rings. The zero-order chi connectivity index (χ0) is 18.6. The van der Waals surface area contributed by atoms with E-state index in [0.29, 0.717) is 0 Å². The molecule has 0 aromatic heterocycles. The Balaban J connectivity index is 3.71. The summed E-state index contributed by atoms with van der Waals surface area (Å²) in [6.45, 7) is 0. The van der Waals surface area contributed by atoms with Gasteiger partial charge in [0, 0.05) is 0 Å². The summed E-state index contributed by atoms with van der Waals surface area (Å²) in [7, 11) is -0.0462. The van der Waals surface area contributed by atoms with Crippen LogP contribution in [0.25, 0.3) is 0 Å². The maximum Gasteiger partial charge on any atom is 0.453 e. The molecule has 0 spiro atoms. The van der Waals surface area contributed by atoms with Gasteiger partial charge in [0.25, 0.3) is 5.76 Å². The lowest BCUT2D eigenvalue weighted by Crippen LogP contribution is -2.73. The first-order valence-corrected chi connectivity index (χ1v) is 4.96. The number of nitrogens with zero attached hydrogens (tertiary/aromatic N) is 1. The Hall–Kier alpha value is -1.54. The number of alkyl halides is 11. The quantitative estimate of drug-likeness (QED) is 0.415. The highest BCUT2D eigenvalue weighted by molar-refractivity contribution is 5.12. The van der Waals surface area contributed by atoms with E-state index in [0.717, 1.165) is 0 Å². The van der Waals surface area contributed by atoms with E-state index < -0.39 is 47.1 Å².